The van der Waals surface area contributed by atoms with E-state index in [1.807, 2.05) is 26.0 Å². The molecule has 0 radical (unpaired) electrons. The highest BCUT2D eigenvalue weighted by molar-refractivity contribution is 8.01. The van der Waals surface area contributed by atoms with E-state index in [1.165, 1.54) is 17.8 Å². The van der Waals surface area contributed by atoms with Gasteiger partial charge < -0.3 is 10.6 Å². The molecule has 6 nitrogen and oxygen atoms in total. The van der Waals surface area contributed by atoms with E-state index in [1.54, 1.807) is 25.1 Å². The third-order valence-electron chi connectivity index (χ3n) is 4.72. The van der Waals surface area contributed by atoms with Crippen molar-refractivity contribution >= 4 is 44.8 Å². The summed E-state index contributed by atoms with van der Waals surface area (Å²) in [7, 11) is -3.62. The molecule has 0 aromatic heterocycles. The van der Waals surface area contributed by atoms with E-state index in [4.69, 9.17) is 0 Å². The van der Waals surface area contributed by atoms with Gasteiger partial charge in [0.15, 0.2) is 9.84 Å². The van der Waals surface area contributed by atoms with Gasteiger partial charge in [0.25, 0.3) is 0 Å². The Morgan fingerprint density at radius 2 is 1.96 bits per heavy atom. The molecule has 8 heteroatoms. The molecule has 0 spiro atoms. The summed E-state index contributed by atoms with van der Waals surface area (Å²) in [5.41, 5.74) is 3.32. The summed E-state index contributed by atoms with van der Waals surface area (Å²) in [5, 5.41) is 5.25. The zero-order valence-corrected chi connectivity index (χ0v) is 17.5. The number of fused-ring (bicyclic) bond motifs is 1. The van der Waals surface area contributed by atoms with Crippen molar-refractivity contribution in [1.82, 2.24) is 0 Å². The Labute approximate surface area is 169 Å². The summed E-state index contributed by atoms with van der Waals surface area (Å²) in [5.74, 6) is -0.726. The number of hydrogen-bond acceptors (Lipinski definition) is 5. The first-order valence-corrected chi connectivity index (χ1v) is 11.4. The maximum absolute atomic E-state index is 12.7. The Kier molecular flexibility index (Phi) is 5.81. The molecule has 0 saturated carbocycles. The van der Waals surface area contributed by atoms with Gasteiger partial charge in [0.05, 0.1) is 21.6 Å². The lowest BCUT2D eigenvalue weighted by Crippen LogP contribution is -2.26. The van der Waals surface area contributed by atoms with Crippen LogP contribution >= 0.6 is 11.8 Å². The van der Waals surface area contributed by atoms with Crippen molar-refractivity contribution in [1.29, 1.82) is 0 Å². The number of benzene rings is 2. The molecular formula is C20H22N2O4S2. The van der Waals surface area contributed by atoms with Crippen LogP contribution in [-0.2, 0) is 19.4 Å². The van der Waals surface area contributed by atoms with E-state index in [0.29, 0.717) is 16.3 Å². The fourth-order valence-electron chi connectivity index (χ4n) is 2.82. The van der Waals surface area contributed by atoms with Gasteiger partial charge in [-0.25, -0.2) is 8.42 Å². The van der Waals surface area contributed by atoms with Crippen LogP contribution in [0.2, 0.25) is 0 Å². The van der Waals surface area contributed by atoms with Gasteiger partial charge in [-0.2, -0.15) is 0 Å². The Hall–Kier alpha value is -2.32. The fraction of sp³-hybridized carbons (Fsp3) is 0.300. The van der Waals surface area contributed by atoms with Gasteiger partial charge in [0, 0.05) is 17.0 Å². The standard InChI is InChI=1S/C20H22N2O4S2/c1-12-5-4-6-16(13(12)2)21-19(23)9-10-28(25,26)15-7-8-17-18(11-15)27-14(3)20(24)22-17/h4-8,11,14H,9-10H2,1-3H3,(H,21,23)(H,22,24). The summed E-state index contributed by atoms with van der Waals surface area (Å²) in [4.78, 5) is 24.8. The van der Waals surface area contributed by atoms with Crippen LogP contribution in [-0.4, -0.2) is 31.2 Å². The molecule has 1 unspecified atom stereocenters. The zero-order chi connectivity index (χ0) is 20.5. The third kappa shape index (κ3) is 4.39. The van der Waals surface area contributed by atoms with E-state index in [9.17, 15) is 18.0 Å². The minimum atomic E-state index is -3.62. The Morgan fingerprint density at radius 3 is 2.71 bits per heavy atom. The fourth-order valence-corrected chi connectivity index (χ4v) is 5.14. The smallest absolute Gasteiger partial charge is 0.237 e. The highest BCUT2D eigenvalue weighted by atomic mass is 32.2. The second kappa shape index (κ2) is 7.97. The van der Waals surface area contributed by atoms with E-state index in [2.05, 4.69) is 10.6 Å². The quantitative estimate of drug-likeness (QED) is 0.775. The monoisotopic (exact) mass is 418 g/mol. The minimum Gasteiger partial charge on any atom is -0.326 e. The molecule has 2 aromatic rings. The van der Waals surface area contributed by atoms with Crippen LogP contribution in [0.25, 0.3) is 0 Å². The molecule has 1 heterocycles. The van der Waals surface area contributed by atoms with Crippen molar-refractivity contribution < 1.29 is 18.0 Å². The topological polar surface area (TPSA) is 92.3 Å². The lowest BCUT2D eigenvalue weighted by atomic mass is 10.1. The molecule has 3 rings (SSSR count). The van der Waals surface area contributed by atoms with Crippen molar-refractivity contribution in [2.75, 3.05) is 16.4 Å². The number of thioether (sulfide) groups is 1. The molecule has 0 bridgehead atoms. The van der Waals surface area contributed by atoms with Crippen LogP contribution in [0.3, 0.4) is 0 Å². The molecule has 1 aliphatic rings. The molecule has 148 valence electrons. The molecule has 1 aliphatic heterocycles. The van der Waals surface area contributed by atoms with Gasteiger partial charge in [-0.15, -0.1) is 11.8 Å². The van der Waals surface area contributed by atoms with Crippen molar-refractivity contribution in [3.8, 4) is 0 Å². The number of amides is 2. The molecule has 0 saturated heterocycles. The summed E-state index contributed by atoms with van der Waals surface area (Å²) in [6.07, 6.45) is -0.132. The van der Waals surface area contributed by atoms with Gasteiger partial charge in [0.2, 0.25) is 11.8 Å². The van der Waals surface area contributed by atoms with E-state index in [-0.39, 0.29) is 34.1 Å². The first-order chi connectivity index (χ1) is 13.2. The largest absolute Gasteiger partial charge is 0.326 e. The van der Waals surface area contributed by atoms with Crippen molar-refractivity contribution in [2.45, 2.75) is 42.2 Å². The summed E-state index contributed by atoms with van der Waals surface area (Å²) >= 11 is 1.32. The average molecular weight is 419 g/mol. The SMILES string of the molecule is Cc1cccc(NC(=O)CCS(=O)(=O)c2ccc3c(c2)SC(C)C(=O)N3)c1C. The van der Waals surface area contributed by atoms with Crippen LogP contribution < -0.4 is 10.6 Å². The van der Waals surface area contributed by atoms with Crippen molar-refractivity contribution in [2.24, 2.45) is 0 Å². The second-order valence-corrected chi connectivity index (χ2v) is 10.3. The number of aryl methyl sites for hydroxylation is 1. The molecule has 2 amide bonds. The number of nitrogens with one attached hydrogen (secondary N) is 2. The van der Waals surface area contributed by atoms with E-state index < -0.39 is 9.84 Å². The minimum absolute atomic E-state index is 0.101. The average Bonchev–Trinajstić information content (AvgIpc) is 2.64. The van der Waals surface area contributed by atoms with Gasteiger partial charge in [-0.3, -0.25) is 9.59 Å². The molecule has 1 atom stereocenters. The van der Waals surface area contributed by atoms with E-state index >= 15 is 0 Å². The highest BCUT2D eigenvalue weighted by Gasteiger charge is 2.25. The Balaban J connectivity index is 1.69. The maximum Gasteiger partial charge on any atom is 0.237 e. The van der Waals surface area contributed by atoms with Crippen LogP contribution in [0.5, 0.6) is 0 Å². The summed E-state index contributed by atoms with van der Waals surface area (Å²) in [6.45, 7) is 5.63. The van der Waals surface area contributed by atoms with Gasteiger partial charge >= 0.3 is 0 Å². The van der Waals surface area contributed by atoms with Gasteiger partial charge in [-0.1, -0.05) is 12.1 Å². The number of hydrogen-bond donors (Lipinski definition) is 2. The first-order valence-electron chi connectivity index (χ1n) is 8.88. The molecule has 2 aromatic carbocycles. The van der Waals surface area contributed by atoms with Gasteiger partial charge in [0.1, 0.15) is 0 Å². The van der Waals surface area contributed by atoms with E-state index in [0.717, 1.165) is 11.1 Å². The predicted molar refractivity (Wildman–Crippen MR) is 112 cm³/mol. The highest BCUT2D eigenvalue weighted by Crippen LogP contribution is 2.37. The van der Waals surface area contributed by atoms with Crippen LogP contribution in [0.15, 0.2) is 46.2 Å². The maximum atomic E-state index is 12.7. The summed E-state index contributed by atoms with van der Waals surface area (Å²) < 4.78 is 25.3. The van der Waals surface area contributed by atoms with Crippen LogP contribution in [0.4, 0.5) is 11.4 Å². The number of sulfone groups is 1. The lowest BCUT2D eigenvalue weighted by molar-refractivity contribution is -0.116. The normalized spacial score (nSPS) is 16.2. The third-order valence-corrected chi connectivity index (χ3v) is 7.59. The lowest BCUT2D eigenvalue weighted by Gasteiger charge is -2.21. The number of carbonyl (C=O) groups is 2. The predicted octanol–water partition coefficient (Wildman–Crippen LogP) is 3.54. The van der Waals surface area contributed by atoms with Crippen molar-refractivity contribution in [3.63, 3.8) is 0 Å². The number of anilines is 2. The van der Waals surface area contributed by atoms with Gasteiger partial charge in [-0.05, 0) is 56.2 Å². The first kappa shape index (κ1) is 20.4. The molecular weight excluding hydrogens is 396 g/mol. The molecule has 0 aliphatic carbocycles. The molecule has 28 heavy (non-hydrogen) atoms. The zero-order valence-electron chi connectivity index (χ0n) is 15.9. The van der Waals surface area contributed by atoms with Crippen LogP contribution in [0, 0.1) is 13.8 Å². The van der Waals surface area contributed by atoms with Crippen LogP contribution in [0.1, 0.15) is 24.5 Å². The second-order valence-electron chi connectivity index (χ2n) is 6.77. The summed E-state index contributed by atoms with van der Waals surface area (Å²) in [6, 6.07) is 10.2. The number of carbonyl (C=O) groups excluding carboxylic acids is 2. The molecule has 2 N–H and O–H groups in total. The molecule has 0 fully saturated rings. The Morgan fingerprint density at radius 1 is 1.21 bits per heavy atom. The number of rotatable bonds is 5. The Bertz CT molecular complexity index is 1050. The van der Waals surface area contributed by atoms with Crippen molar-refractivity contribution in [3.05, 3.63) is 47.5 Å².